The molecule has 1 aromatic carbocycles. The van der Waals surface area contributed by atoms with E-state index < -0.39 is 12.3 Å². The smallest absolute Gasteiger partial charge is 0.338 e. The Labute approximate surface area is 134 Å². The fourth-order valence-corrected chi connectivity index (χ4v) is 1.63. The van der Waals surface area contributed by atoms with Crippen LogP contribution in [0.5, 0.6) is 5.75 Å². The Kier molecular flexibility index (Phi) is 7.97. The molecule has 0 aliphatic rings. The summed E-state index contributed by atoms with van der Waals surface area (Å²) in [4.78, 5) is 11.8. The van der Waals surface area contributed by atoms with Gasteiger partial charge < -0.3 is 24.8 Å². The zero-order valence-corrected chi connectivity index (χ0v) is 13.5. The molecule has 0 fully saturated rings. The lowest BCUT2D eigenvalue weighted by molar-refractivity contribution is -0.0965. The molecule has 4 N–H and O–H groups in total. The van der Waals surface area contributed by atoms with Crippen LogP contribution in [0.15, 0.2) is 24.3 Å². The number of urea groups is 1. The van der Waals surface area contributed by atoms with E-state index in [0.717, 1.165) is 0 Å². The van der Waals surface area contributed by atoms with Crippen molar-refractivity contribution in [3.63, 3.8) is 0 Å². The SMILES string of the molecule is COc1ccccc1NC(=O)NNC(=S)NCC(OC)OC. The van der Waals surface area contributed by atoms with Crippen molar-refractivity contribution in [1.82, 2.24) is 16.2 Å². The molecule has 8 nitrogen and oxygen atoms in total. The van der Waals surface area contributed by atoms with Crippen LogP contribution in [0, 0.1) is 0 Å². The molecule has 0 saturated heterocycles. The second kappa shape index (κ2) is 9.77. The molecule has 1 aromatic rings. The Morgan fingerprint density at radius 1 is 1.18 bits per heavy atom. The van der Waals surface area contributed by atoms with Gasteiger partial charge in [-0.15, -0.1) is 0 Å². The average molecular weight is 328 g/mol. The van der Waals surface area contributed by atoms with Gasteiger partial charge in [0.2, 0.25) is 0 Å². The molecule has 9 heteroatoms. The van der Waals surface area contributed by atoms with Crippen LogP contribution in [-0.4, -0.2) is 45.3 Å². The van der Waals surface area contributed by atoms with Gasteiger partial charge in [0, 0.05) is 14.2 Å². The first-order valence-corrected chi connectivity index (χ1v) is 6.81. The Hall–Kier alpha value is -2.10. The highest BCUT2D eigenvalue weighted by atomic mass is 32.1. The molecule has 1 rings (SSSR count). The molecule has 0 radical (unpaired) electrons. The van der Waals surface area contributed by atoms with Gasteiger partial charge in [0.05, 0.1) is 19.3 Å². The molecular formula is C13H20N4O4S. The third kappa shape index (κ3) is 6.12. The first-order chi connectivity index (χ1) is 10.6. The number of hydrogen-bond donors (Lipinski definition) is 4. The number of para-hydroxylation sites is 2. The lowest BCUT2D eigenvalue weighted by atomic mass is 10.3. The Morgan fingerprint density at radius 2 is 1.86 bits per heavy atom. The summed E-state index contributed by atoms with van der Waals surface area (Å²) in [6, 6.07) is 6.57. The van der Waals surface area contributed by atoms with Crippen molar-refractivity contribution in [3.05, 3.63) is 24.3 Å². The van der Waals surface area contributed by atoms with Crippen molar-refractivity contribution >= 4 is 29.0 Å². The van der Waals surface area contributed by atoms with Crippen LogP contribution in [0.1, 0.15) is 0 Å². The zero-order valence-electron chi connectivity index (χ0n) is 12.6. The second-order valence-corrected chi connectivity index (χ2v) is 4.42. The first-order valence-electron chi connectivity index (χ1n) is 6.40. The molecule has 0 aromatic heterocycles. The highest BCUT2D eigenvalue weighted by Gasteiger charge is 2.08. The molecule has 0 saturated carbocycles. The molecule has 0 aliphatic carbocycles. The van der Waals surface area contributed by atoms with E-state index in [9.17, 15) is 4.79 Å². The third-order valence-corrected chi connectivity index (χ3v) is 2.85. The number of ether oxygens (including phenoxy) is 3. The van der Waals surface area contributed by atoms with E-state index in [4.69, 9.17) is 26.4 Å². The number of anilines is 1. The lowest BCUT2D eigenvalue weighted by Crippen LogP contribution is -2.49. The van der Waals surface area contributed by atoms with E-state index in [1.807, 2.05) is 0 Å². The molecule has 2 amide bonds. The van der Waals surface area contributed by atoms with Gasteiger partial charge in [-0.05, 0) is 24.4 Å². The number of nitrogens with one attached hydrogen (secondary N) is 4. The molecule has 0 atom stereocenters. The fourth-order valence-electron chi connectivity index (χ4n) is 1.50. The van der Waals surface area contributed by atoms with Gasteiger partial charge in [-0.2, -0.15) is 0 Å². The Morgan fingerprint density at radius 3 is 2.50 bits per heavy atom. The number of rotatable bonds is 6. The molecule has 0 heterocycles. The van der Waals surface area contributed by atoms with Crippen LogP contribution in [0.3, 0.4) is 0 Å². The summed E-state index contributed by atoms with van der Waals surface area (Å²) in [5.74, 6) is 0.557. The van der Waals surface area contributed by atoms with Gasteiger partial charge in [0.25, 0.3) is 0 Å². The molecule has 22 heavy (non-hydrogen) atoms. The minimum Gasteiger partial charge on any atom is -0.495 e. The van der Waals surface area contributed by atoms with Gasteiger partial charge >= 0.3 is 6.03 Å². The van der Waals surface area contributed by atoms with Crippen molar-refractivity contribution in [2.24, 2.45) is 0 Å². The predicted molar refractivity (Wildman–Crippen MR) is 86.7 cm³/mol. The van der Waals surface area contributed by atoms with Gasteiger partial charge in [-0.1, -0.05) is 12.1 Å². The number of hydrazine groups is 1. The highest BCUT2D eigenvalue weighted by Crippen LogP contribution is 2.22. The highest BCUT2D eigenvalue weighted by molar-refractivity contribution is 7.80. The number of carbonyl (C=O) groups is 1. The normalized spacial score (nSPS) is 10.0. The van der Waals surface area contributed by atoms with Crippen molar-refractivity contribution in [1.29, 1.82) is 0 Å². The summed E-state index contributed by atoms with van der Waals surface area (Å²) in [5.41, 5.74) is 5.49. The summed E-state index contributed by atoms with van der Waals surface area (Å²) in [5, 5.41) is 5.69. The van der Waals surface area contributed by atoms with Crippen LogP contribution in [0.2, 0.25) is 0 Å². The van der Waals surface area contributed by atoms with Crippen molar-refractivity contribution < 1.29 is 19.0 Å². The Balaban J connectivity index is 2.35. The standard InChI is InChI=1S/C13H20N4O4S/c1-19-10-7-5-4-6-9(10)15-12(18)16-17-13(22)14-8-11(20-2)21-3/h4-7,11H,8H2,1-3H3,(H2,14,17,22)(H2,15,16,18). The molecule has 0 aliphatic heterocycles. The van der Waals surface area contributed by atoms with Crippen LogP contribution in [0.4, 0.5) is 10.5 Å². The maximum Gasteiger partial charge on any atom is 0.338 e. The van der Waals surface area contributed by atoms with E-state index in [1.54, 1.807) is 24.3 Å². The minimum absolute atomic E-state index is 0.231. The largest absolute Gasteiger partial charge is 0.495 e. The molecule has 0 bridgehead atoms. The van der Waals surface area contributed by atoms with Gasteiger partial charge in [0.15, 0.2) is 11.4 Å². The summed E-state index contributed by atoms with van der Waals surface area (Å²) >= 11 is 5.00. The van der Waals surface area contributed by atoms with E-state index in [0.29, 0.717) is 18.0 Å². The van der Waals surface area contributed by atoms with E-state index >= 15 is 0 Å². The second-order valence-electron chi connectivity index (χ2n) is 4.02. The number of benzene rings is 1. The van der Waals surface area contributed by atoms with Crippen molar-refractivity contribution in [2.75, 3.05) is 33.2 Å². The van der Waals surface area contributed by atoms with Crippen LogP contribution in [0.25, 0.3) is 0 Å². The van der Waals surface area contributed by atoms with Crippen molar-refractivity contribution in [3.8, 4) is 5.75 Å². The first kappa shape index (κ1) is 18.0. The number of methoxy groups -OCH3 is 3. The number of carbonyl (C=O) groups excluding carboxylic acids is 1. The van der Waals surface area contributed by atoms with Gasteiger partial charge in [0.1, 0.15) is 5.75 Å². The fraction of sp³-hybridized carbons (Fsp3) is 0.385. The van der Waals surface area contributed by atoms with E-state index in [-0.39, 0.29) is 5.11 Å². The summed E-state index contributed by atoms with van der Waals surface area (Å²) in [6.07, 6.45) is -0.429. The van der Waals surface area contributed by atoms with Gasteiger partial charge in [-0.3, -0.25) is 5.43 Å². The summed E-state index contributed by atoms with van der Waals surface area (Å²) < 4.78 is 15.1. The van der Waals surface area contributed by atoms with Crippen LogP contribution >= 0.6 is 12.2 Å². The van der Waals surface area contributed by atoms with E-state index in [1.165, 1.54) is 21.3 Å². The average Bonchev–Trinajstić information content (AvgIpc) is 2.54. The number of thiocarbonyl (C=S) groups is 1. The summed E-state index contributed by atoms with van der Waals surface area (Å²) in [7, 11) is 4.56. The quantitative estimate of drug-likeness (QED) is 0.349. The van der Waals surface area contributed by atoms with Crippen molar-refractivity contribution in [2.45, 2.75) is 6.29 Å². The van der Waals surface area contributed by atoms with Gasteiger partial charge in [-0.25, -0.2) is 10.2 Å². The topological polar surface area (TPSA) is 92.9 Å². The van der Waals surface area contributed by atoms with E-state index in [2.05, 4.69) is 21.5 Å². The third-order valence-electron chi connectivity index (χ3n) is 2.60. The summed E-state index contributed by atoms with van der Waals surface area (Å²) in [6.45, 7) is 0.342. The number of amides is 2. The minimum atomic E-state index is -0.483. The maximum atomic E-state index is 11.8. The Bertz CT molecular complexity index is 497. The zero-order chi connectivity index (χ0) is 16.4. The lowest BCUT2D eigenvalue weighted by Gasteiger charge is -2.16. The van der Waals surface area contributed by atoms with Crippen LogP contribution in [-0.2, 0) is 9.47 Å². The molecular weight excluding hydrogens is 308 g/mol. The molecule has 0 unspecified atom stereocenters. The monoisotopic (exact) mass is 328 g/mol. The van der Waals surface area contributed by atoms with Crippen LogP contribution < -0.4 is 26.2 Å². The molecule has 122 valence electrons. The maximum absolute atomic E-state index is 11.8. The number of hydrogen-bond acceptors (Lipinski definition) is 5. The molecule has 0 spiro atoms. The predicted octanol–water partition coefficient (Wildman–Crippen LogP) is 0.815.